The molecule has 1 saturated heterocycles. The Morgan fingerprint density at radius 2 is 1.94 bits per heavy atom. The Bertz CT molecular complexity index is 1180. The zero-order valence-corrected chi connectivity index (χ0v) is 17.4. The molecule has 0 aliphatic carbocycles. The Labute approximate surface area is 181 Å². The zero-order valence-electron chi connectivity index (χ0n) is 17.4. The minimum absolute atomic E-state index is 0.0340. The van der Waals surface area contributed by atoms with Crippen molar-refractivity contribution in [3.8, 4) is 11.4 Å². The van der Waals surface area contributed by atoms with E-state index in [9.17, 15) is 23.1 Å². The van der Waals surface area contributed by atoms with Gasteiger partial charge in [0.05, 0.1) is 18.0 Å². The van der Waals surface area contributed by atoms with E-state index in [0.717, 1.165) is 0 Å². The van der Waals surface area contributed by atoms with Gasteiger partial charge in [-0.3, -0.25) is 4.79 Å². The molecule has 1 aliphatic rings. The number of hydrogen-bond acceptors (Lipinski definition) is 5. The first-order valence-electron chi connectivity index (χ1n) is 9.97. The number of aromatic nitrogens is 3. The van der Waals surface area contributed by atoms with Gasteiger partial charge in [0.25, 0.3) is 0 Å². The maximum Gasteiger partial charge on any atom is 0.573 e. The summed E-state index contributed by atoms with van der Waals surface area (Å²) < 4.78 is 42.8. The number of amides is 1. The molecule has 0 radical (unpaired) electrons. The monoisotopic (exact) mass is 446 g/mol. The predicted molar refractivity (Wildman–Crippen MR) is 110 cm³/mol. The molecular weight excluding hydrogens is 425 g/mol. The van der Waals surface area contributed by atoms with Gasteiger partial charge in [-0.25, -0.2) is 9.67 Å². The number of fused-ring (bicyclic) bond motifs is 1. The van der Waals surface area contributed by atoms with Gasteiger partial charge in [-0.15, -0.1) is 13.2 Å². The molecule has 168 valence electrons. The molecule has 32 heavy (non-hydrogen) atoms. The van der Waals surface area contributed by atoms with Crippen LogP contribution in [0.2, 0.25) is 0 Å². The SMILES string of the molecule is CC=C(C)C(=O)N1CC(c2nn(-c3ccc(OC(F)(F)F)cc3)c3nccc(CO)c23)C1. The summed E-state index contributed by atoms with van der Waals surface area (Å²) >= 11 is 0. The Hall–Kier alpha value is -3.40. The Morgan fingerprint density at radius 3 is 2.53 bits per heavy atom. The first kappa shape index (κ1) is 21.8. The number of rotatable bonds is 5. The molecule has 1 N–H and O–H groups in total. The number of alkyl halides is 3. The smallest absolute Gasteiger partial charge is 0.406 e. The number of likely N-dealkylation sites (tertiary alicyclic amines) is 1. The van der Waals surface area contributed by atoms with Crippen LogP contribution in [0, 0.1) is 0 Å². The summed E-state index contributed by atoms with van der Waals surface area (Å²) in [5.74, 6) is -0.419. The van der Waals surface area contributed by atoms with Crippen molar-refractivity contribution in [2.75, 3.05) is 13.1 Å². The largest absolute Gasteiger partial charge is 0.573 e. The Balaban J connectivity index is 1.69. The number of pyridine rings is 1. The molecule has 1 aliphatic heterocycles. The third-order valence-electron chi connectivity index (χ3n) is 5.49. The molecule has 0 atom stereocenters. The van der Waals surface area contributed by atoms with Crippen LogP contribution in [0.4, 0.5) is 13.2 Å². The lowest BCUT2D eigenvalue weighted by atomic mass is 9.92. The average molecular weight is 446 g/mol. The maximum atomic E-state index is 12.5. The van der Waals surface area contributed by atoms with E-state index < -0.39 is 6.36 Å². The standard InChI is InChI=1S/C22H21F3N4O3/c1-3-13(2)21(31)28-10-15(11-28)19-18-14(12-30)8-9-26-20(18)29(27-19)16-4-6-17(7-5-16)32-22(23,24)25/h3-9,15,30H,10-12H2,1-2H3. The lowest BCUT2D eigenvalue weighted by Gasteiger charge is -2.38. The third kappa shape index (κ3) is 4.05. The van der Waals surface area contributed by atoms with E-state index >= 15 is 0 Å². The van der Waals surface area contributed by atoms with Gasteiger partial charge in [-0.1, -0.05) is 6.08 Å². The molecule has 1 amide bonds. The van der Waals surface area contributed by atoms with Gasteiger partial charge in [0.15, 0.2) is 5.65 Å². The number of carbonyl (C=O) groups excluding carboxylic acids is 1. The van der Waals surface area contributed by atoms with E-state index in [1.807, 2.05) is 6.92 Å². The van der Waals surface area contributed by atoms with Crippen LogP contribution in [0.1, 0.15) is 31.0 Å². The Morgan fingerprint density at radius 1 is 1.25 bits per heavy atom. The first-order valence-corrected chi connectivity index (χ1v) is 9.97. The fourth-order valence-corrected chi connectivity index (χ4v) is 3.71. The molecule has 1 fully saturated rings. The molecule has 0 saturated carbocycles. The molecule has 10 heteroatoms. The molecule has 7 nitrogen and oxygen atoms in total. The summed E-state index contributed by atoms with van der Waals surface area (Å²) in [5, 5.41) is 15.2. The quantitative estimate of drug-likeness (QED) is 0.605. The van der Waals surface area contributed by atoms with Gasteiger partial charge in [0, 0.05) is 36.2 Å². The van der Waals surface area contributed by atoms with Crippen LogP contribution in [0.25, 0.3) is 16.7 Å². The summed E-state index contributed by atoms with van der Waals surface area (Å²) in [4.78, 5) is 18.5. The third-order valence-corrected chi connectivity index (χ3v) is 5.49. The average Bonchev–Trinajstić information content (AvgIpc) is 3.11. The van der Waals surface area contributed by atoms with Crippen LogP contribution >= 0.6 is 0 Å². The fourth-order valence-electron chi connectivity index (χ4n) is 3.71. The molecule has 3 aromatic rings. The van der Waals surface area contributed by atoms with Crippen molar-refractivity contribution in [1.29, 1.82) is 0 Å². The fraction of sp³-hybridized carbons (Fsp3) is 0.318. The highest BCUT2D eigenvalue weighted by atomic mass is 19.4. The number of carbonyl (C=O) groups is 1. The van der Waals surface area contributed by atoms with Crippen LogP contribution in [0.15, 0.2) is 48.2 Å². The highest BCUT2D eigenvalue weighted by molar-refractivity contribution is 5.93. The summed E-state index contributed by atoms with van der Waals surface area (Å²) in [6.07, 6.45) is -1.47. The van der Waals surface area contributed by atoms with Crippen LogP contribution in [0.5, 0.6) is 5.75 Å². The number of hydrogen-bond donors (Lipinski definition) is 1. The number of aliphatic hydroxyl groups excluding tert-OH is 1. The van der Waals surface area contributed by atoms with Crippen molar-refractivity contribution in [3.63, 3.8) is 0 Å². The number of aliphatic hydroxyl groups is 1. The van der Waals surface area contributed by atoms with Crippen LogP contribution < -0.4 is 4.74 Å². The second-order valence-electron chi connectivity index (χ2n) is 7.54. The number of nitrogens with zero attached hydrogens (tertiary/aromatic N) is 4. The molecule has 4 rings (SSSR count). The van der Waals surface area contributed by atoms with E-state index in [1.165, 1.54) is 28.9 Å². The van der Waals surface area contributed by atoms with Gasteiger partial charge in [-0.05, 0) is 49.7 Å². The molecule has 1 aromatic carbocycles. The van der Waals surface area contributed by atoms with E-state index in [2.05, 4.69) is 14.8 Å². The van der Waals surface area contributed by atoms with Crippen LogP contribution in [-0.2, 0) is 11.4 Å². The first-order chi connectivity index (χ1) is 15.2. The maximum absolute atomic E-state index is 12.5. The van der Waals surface area contributed by atoms with E-state index in [4.69, 9.17) is 0 Å². The van der Waals surface area contributed by atoms with E-state index in [-0.39, 0.29) is 24.2 Å². The summed E-state index contributed by atoms with van der Waals surface area (Å²) in [6.45, 7) is 4.31. The number of ether oxygens (including phenoxy) is 1. The lowest BCUT2D eigenvalue weighted by Crippen LogP contribution is -2.49. The molecular formula is C22H21F3N4O3. The van der Waals surface area contributed by atoms with Crippen molar-refractivity contribution in [1.82, 2.24) is 19.7 Å². The molecule has 2 aromatic heterocycles. The van der Waals surface area contributed by atoms with Crippen molar-refractivity contribution >= 4 is 16.9 Å². The summed E-state index contributed by atoms with van der Waals surface area (Å²) in [6, 6.07) is 7.02. The normalized spacial score (nSPS) is 15.2. The number of halogens is 3. The van der Waals surface area contributed by atoms with Crippen LogP contribution in [0.3, 0.4) is 0 Å². The Kier molecular flexibility index (Phi) is 5.64. The molecule has 0 unspecified atom stereocenters. The molecule has 0 spiro atoms. The van der Waals surface area contributed by atoms with Crippen molar-refractivity contribution in [3.05, 3.63) is 59.4 Å². The van der Waals surface area contributed by atoms with Crippen molar-refractivity contribution in [2.45, 2.75) is 32.7 Å². The summed E-state index contributed by atoms with van der Waals surface area (Å²) in [7, 11) is 0. The zero-order chi connectivity index (χ0) is 23.0. The minimum atomic E-state index is -4.77. The minimum Gasteiger partial charge on any atom is -0.406 e. The molecule has 0 bridgehead atoms. The second-order valence-corrected chi connectivity index (χ2v) is 7.54. The number of benzene rings is 1. The van der Waals surface area contributed by atoms with Gasteiger partial charge in [0.1, 0.15) is 5.75 Å². The second kappa shape index (κ2) is 8.27. The predicted octanol–water partition coefficient (Wildman–Crippen LogP) is 3.70. The van der Waals surface area contributed by atoms with E-state index in [0.29, 0.717) is 46.6 Å². The topological polar surface area (TPSA) is 80.5 Å². The van der Waals surface area contributed by atoms with Gasteiger partial charge in [-0.2, -0.15) is 5.10 Å². The van der Waals surface area contributed by atoms with Crippen molar-refractivity contribution < 1.29 is 27.8 Å². The lowest BCUT2D eigenvalue weighted by molar-refractivity contribution is -0.274. The highest BCUT2D eigenvalue weighted by Crippen LogP contribution is 2.35. The van der Waals surface area contributed by atoms with Gasteiger partial charge >= 0.3 is 6.36 Å². The van der Waals surface area contributed by atoms with Crippen molar-refractivity contribution in [2.24, 2.45) is 0 Å². The summed E-state index contributed by atoms with van der Waals surface area (Å²) in [5.41, 5.74) is 2.97. The highest BCUT2D eigenvalue weighted by Gasteiger charge is 2.36. The van der Waals surface area contributed by atoms with Crippen LogP contribution in [-0.4, -0.2) is 50.1 Å². The number of allylic oxidation sites excluding steroid dienone is 1. The van der Waals surface area contributed by atoms with Gasteiger partial charge < -0.3 is 14.7 Å². The van der Waals surface area contributed by atoms with E-state index in [1.54, 1.807) is 30.2 Å². The molecule has 3 heterocycles. The van der Waals surface area contributed by atoms with Gasteiger partial charge in [0.2, 0.25) is 5.91 Å².